The van der Waals surface area contributed by atoms with Crippen molar-refractivity contribution in [3.05, 3.63) is 0 Å². The molecule has 0 amide bonds. The monoisotopic (exact) mass is 296 g/mol. The largest absolute Gasteiger partial charge is 0.465 e. The van der Waals surface area contributed by atoms with E-state index >= 15 is 0 Å². The molecule has 1 N–H and O–H groups in total. The Bertz CT molecular complexity index is 355. The van der Waals surface area contributed by atoms with Crippen molar-refractivity contribution in [3.8, 4) is 0 Å². The van der Waals surface area contributed by atoms with Gasteiger partial charge in [0.05, 0.1) is 6.61 Å². The van der Waals surface area contributed by atoms with Gasteiger partial charge in [-0.05, 0) is 72.4 Å². The van der Waals surface area contributed by atoms with Gasteiger partial charge in [-0.2, -0.15) is 0 Å². The van der Waals surface area contributed by atoms with Gasteiger partial charge in [-0.15, -0.1) is 0 Å². The van der Waals surface area contributed by atoms with Crippen LogP contribution in [0.25, 0.3) is 0 Å². The Labute approximate surface area is 129 Å². The smallest absolute Gasteiger partial charge is 0.326 e. The summed E-state index contributed by atoms with van der Waals surface area (Å²) in [5, 5.41) is 3.66. The number of nitrogens with zero attached hydrogens (tertiary/aromatic N) is 1. The van der Waals surface area contributed by atoms with E-state index in [9.17, 15) is 4.79 Å². The van der Waals surface area contributed by atoms with E-state index in [1.54, 1.807) is 0 Å². The van der Waals surface area contributed by atoms with Crippen LogP contribution in [0.3, 0.4) is 0 Å². The molecule has 0 bridgehead atoms. The number of rotatable bonds is 8. The van der Waals surface area contributed by atoms with Gasteiger partial charge in [0.15, 0.2) is 0 Å². The summed E-state index contributed by atoms with van der Waals surface area (Å²) in [7, 11) is 2.17. The van der Waals surface area contributed by atoms with Crippen LogP contribution in [0.2, 0.25) is 0 Å². The predicted octanol–water partition coefficient (Wildman–Crippen LogP) is 2.57. The number of hydrogen-bond donors (Lipinski definition) is 1. The number of hydrogen-bond acceptors (Lipinski definition) is 4. The molecule has 0 radical (unpaired) electrons. The summed E-state index contributed by atoms with van der Waals surface area (Å²) in [6.45, 7) is 7.87. The number of nitrogens with one attached hydrogen (secondary N) is 1. The SMILES string of the molecule is CCOC(=O)C1(NC2CC2)CCCC1CCN(C)C(C)C. The third kappa shape index (κ3) is 3.98. The standard InChI is InChI=1S/C17H32N2O2/c1-5-21-16(20)17(18-15-8-9-15)11-6-7-14(17)10-12-19(4)13(2)3/h13-15,18H,5-12H2,1-4H3. The van der Waals surface area contributed by atoms with E-state index < -0.39 is 5.54 Å². The average Bonchev–Trinajstić information content (AvgIpc) is 3.15. The molecule has 0 saturated heterocycles. The van der Waals surface area contributed by atoms with Crippen molar-refractivity contribution in [2.75, 3.05) is 20.2 Å². The van der Waals surface area contributed by atoms with E-state index in [-0.39, 0.29) is 5.97 Å². The zero-order valence-electron chi connectivity index (χ0n) is 14.2. The normalized spacial score (nSPS) is 29.3. The molecule has 0 aromatic carbocycles. The van der Waals surface area contributed by atoms with Crippen LogP contribution in [-0.4, -0.2) is 48.7 Å². The molecule has 0 aromatic heterocycles. The predicted molar refractivity (Wildman–Crippen MR) is 85.2 cm³/mol. The van der Waals surface area contributed by atoms with Gasteiger partial charge < -0.3 is 9.64 Å². The number of carbonyl (C=O) groups is 1. The molecular formula is C17H32N2O2. The first-order valence-electron chi connectivity index (χ1n) is 8.64. The maximum atomic E-state index is 12.6. The molecule has 2 atom stereocenters. The number of carbonyl (C=O) groups excluding carboxylic acids is 1. The molecule has 21 heavy (non-hydrogen) atoms. The minimum Gasteiger partial charge on any atom is -0.465 e. The molecule has 0 heterocycles. The summed E-state index contributed by atoms with van der Waals surface area (Å²) in [5.74, 6) is 0.407. The fourth-order valence-electron chi connectivity index (χ4n) is 3.46. The second-order valence-corrected chi connectivity index (χ2v) is 7.06. The molecule has 2 saturated carbocycles. The first kappa shape index (κ1) is 16.8. The molecule has 4 heteroatoms. The highest BCUT2D eigenvalue weighted by Crippen LogP contribution is 2.41. The van der Waals surface area contributed by atoms with Gasteiger partial charge in [0.25, 0.3) is 0 Å². The highest BCUT2D eigenvalue weighted by atomic mass is 16.5. The second-order valence-electron chi connectivity index (χ2n) is 7.06. The molecule has 122 valence electrons. The van der Waals surface area contributed by atoms with Crippen LogP contribution >= 0.6 is 0 Å². The summed E-state index contributed by atoms with van der Waals surface area (Å²) in [6.07, 6.45) is 6.71. The van der Waals surface area contributed by atoms with Crippen molar-refractivity contribution in [1.82, 2.24) is 10.2 Å². The van der Waals surface area contributed by atoms with Crippen molar-refractivity contribution >= 4 is 5.97 Å². The Morgan fingerprint density at radius 3 is 2.67 bits per heavy atom. The highest BCUT2D eigenvalue weighted by Gasteiger charge is 2.51. The first-order chi connectivity index (χ1) is 9.99. The van der Waals surface area contributed by atoms with Gasteiger partial charge in [-0.25, -0.2) is 0 Å². The highest BCUT2D eigenvalue weighted by molar-refractivity contribution is 5.82. The molecule has 2 unspecified atom stereocenters. The van der Waals surface area contributed by atoms with E-state index in [0.717, 1.165) is 32.2 Å². The summed E-state index contributed by atoms with van der Waals surface area (Å²) in [4.78, 5) is 15.0. The van der Waals surface area contributed by atoms with E-state index in [1.165, 1.54) is 12.8 Å². The second kappa shape index (κ2) is 7.10. The van der Waals surface area contributed by atoms with Crippen LogP contribution < -0.4 is 5.32 Å². The molecule has 2 aliphatic rings. The minimum absolute atomic E-state index is 0.00778. The molecule has 2 rings (SSSR count). The number of ether oxygens (including phenoxy) is 1. The maximum absolute atomic E-state index is 12.6. The Hall–Kier alpha value is -0.610. The summed E-state index contributed by atoms with van der Waals surface area (Å²) in [6, 6.07) is 1.10. The topological polar surface area (TPSA) is 41.6 Å². The fourth-order valence-corrected chi connectivity index (χ4v) is 3.46. The maximum Gasteiger partial charge on any atom is 0.326 e. The lowest BCUT2D eigenvalue weighted by Gasteiger charge is -2.35. The molecule has 4 nitrogen and oxygen atoms in total. The third-order valence-corrected chi connectivity index (χ3v) is 5.21. The Morgan fingerprint density at radius 1 is 1.38 bits per heavy atom. The summed E-state index contributed by atoms with van der Waals surface area (Å²) in [5.41, 5.74) is -0.408. The zero-order valence-corrected chi connectivity index (χ0v) is 14.2. The van der Waals surface area contributed by atoms with Gasteiger partial charge in [0.2, 0.25) is 0 Å². The van der Waals surface area contributed by atoms with Crippen molar-refractivity contribution in [2.45, 2.75) is 76.9 Å². The number of esters is 1. The molecule has 0 aliphatic heterocycles. The third-order valence-electron chi connectivity index (χ3n) is 5.21. The van der Waals surface area contributed by atoms with Crippen LogP contribution in [0.1, 0.15) is 59.3 Å². The van der Waals surface area contributed by atoms with Gasteiger partial charge >= 0.3 is 5.97 Å². The minimum atomic E-state index is -0.408. The lowest BCUT2D eigenvalue weighted by atomic mass is 9.84. The van der Waals surface area contributed by atoms with E-state index in [4.69, 9.17) is 4.74 Å². The van der Waals surface area contributed by atoms with Crippen LogP contribution in [-0.2, 0) is 9.53 Å². The van der Waals surface area contributed by atoms with E-state index in [0.29, 0.717) is 24.6 Å². The summed E-state index contributed by atoms with van der Waals surface area (Å²) < 4.78 is 5.43. The van der Waals surface area contributed by atoms with Gasteiger partial charge in [0, 0.05) is 12.1 Å². The molecule has 2 fully saturated rings. The van der Waals surface area contributed by atoms with E-state index in [2.05, 4.69) is 31.1 Å². The lowest BCUT2D eigenvalue weighted by molar-refractivity contribution is -0.153. The van der Waals surface area contributed by atoms with Crippen LogP contribution in [0.4, 0.5) is 0 Å². The first-order valence-corrected chi connectivity index (χ1v) is 8.64. The lowest BCUT2D eigenvalue weighted by Crippen LogP contribution is -2.57. The van der Waals surface area contributed by atoms with Gasteiger partial charge in [-0.1, -0.05) is 6.42 Å². The van der Waals surface area contributed by atoms with Crippen molar-refractivity contribution in [3.63, 3.8) is 0 Å². The average molecular weight is 296 g/mol. The van der Waals surface area contributed by atoms with Crippen LogP contribution in [0.5, 0.6) is 0 Å². The van der Waals surface area contributed by atoms with Crippen molar-refractivity contribution in [1.29, 1.82) is 0 Å². The van der Waals surface area contributed by atoms with E-state index in [1.807, 2.05) is 6.92 Å². The Morgan fingerprint density at radius 2 is 2.10 bits per heavy atom. The molecule has 0 aromatic rings. The van der Waals surface area contributed by atoms with Crippen LogP contribution in [0.15, 0.2) is 0 Å². The van der Waals surface area contributed by atoms with Crippen LogP contribution in [0, 0.1) is 5.92 Å². The molecule has 2 aliphatic carbocycles. The zero-order chi connectivity index (χ0) is 15.5. The van der Waals surface area contributed by atoms with Gasteiger partial charge in [0.1, 0.15) is 5.54 Å². The van der Waals surface area contributed by atoms with Crippen molar-refractivity contribution < 1.29 is 9.53 Å². The summed E-state index contributed by atoms with van der Waals surface area (Å²) >= 11 is 0. The van der Waals surface area contributed by atoms with Gasteiger partial charge in [-0.3, -0.25) is 10.1 Å². The quantitative estimate of drug-likeness (QED) is 0.699. The molecule has 0 spiro atoms. The molecular weight excluding hydrogens is 264 g/mol. The Balaban J connectivity index is 2.03. The van der Waals surface area contributed by atoms with Crippen molar-refractivity contribution in [2.24, 2.45) is 5.92 Å². The Kier molecular flexibility index (Phi) is 5.67. The fraction of sp³-hybridized carbons (Fsp3) is 0.941.